The fourth-order valence-electron chi connectivity index (χ4n) is 1.66. The summed E-state index contributed by atoms with van der Waals surface area (Å²) in [5, 5.41) is 9.70. The first-order valence-corrected chi connectivity index (χ1v) is 5.50. The molecule has 1 atom stereocenters. The van der Waals surface area contributed by atoms with Crippen LogP contribution in [-0.2, 0) is 6.42 Å². The monoisotopic (exact) mass is 192 g/mol. The van der Waals surface area contributed by atoms with Crippen LogP contribution in [0, 0.1) is 0 Å². The molecule has 0 aliphatic rings. The number of aryl methyl sites for hydroxylation is 1. The van der Waals surface area contributed by atoms with Crippen molar-refractivity contribution in [2.45, 2.75) is 46.0 Å². The van der Waals surface area contributed by atoms with Crippen LogP contribution in [0.5, 0.6) is 5.75 Å². The highest BCUT2D eigenvalue weighted by Crippen LogP contribution is 2.28. The largest absolute Gasteiger partial charge is 0.508 e. The van der Waals surface area contributed by atoms with E-state index in [0.717, 1.165) is 24.8 Å². The zero-order valence-corrected chi connectivity index (χ0v) is 9.38. The van der Waals surface area contributed by atoms with Crippen LogP contribution >= 0.6 is 0 Å². The molecule has 0 spiro atoms. The van der Waals surface area contributed by atoms with E-state index in [2.05, 4.69) is 26.8 Å². The lowest BCUT2D eigenvalue weighted by Crippen LogP contribution is -1.94. The van der Waals surface area contributed by atoms with Gasteiger partial charge in [-0.05, 0) is 36.0 Å². The van der Waals surface area contributed by atoms with E-state index < -0.39 is 0 Å². The Labute approximate surface area is 86.8 Å². The quantitative estimate of drug-likeness (QED) is 0.768. The van der Waals surface area contributed by atoms with Crippen molar-refractivity contribution in [2.75, 3.05) is 0 Å². The van der Waals surface area contributed by atoms with E-state index in [0.29, 0.717) is 11.7 Å². The summed E-state index contributed by atoms with van der Waals surface area (Å²) in [4.78, 5) is 0. The predicted octanol–water partition coefficient (Wildman–Crippen LogP) is 3.86. The lowest BCUT2D eigenvalue weighted by Gasteiger charge is -2.12. The highest BCUT2D eigenvalue weighted by Gasteiger charge is 2.08. The van der Waals surface area contributed by atoms with Crippen molar-refractivity contribution >= 4 is 0 Å². The second kappa shape index (κ2) is 5.04. The Balaban J connectivity index is 2.95. The van der Waals surface area contributed by atoms with E-state index in [9.17, 15) is 5.11 Å². The molecule has 1 unspecified atom stereocenters. The highest BCUT2D eigenvalue weighted by atomic mass is 16.3. The Kier molecular flexibility index (Phi) is 3.99. The van der Waals surface area contributed by atoms with Crippen LogP contribution in [0.2, 0.25) is 0 Å². The maximum atomic E-state index is 9.70. The summed E-state index contributed by atoms with van der Waals surface area (Å²) < 4.78 is 0. The lowest BCUT2D eigenvalue weighted by atomic mass is 9.95. The molecule has 0 saturated heterocycles. The van der Waals surface area contributed by atoms with E-state index in [1.165, 1.54) is 5.56 Å². The van der Waals surface area contributed by atoms with Gasteiger partial charge in [-0.3, -0.25) is 0 Å². The van der Waals surface area contributed by atoms with Gasteiger partial charge in [-0.2, -0.15) is 0 Å². The van der Waals surface area contributed by atoms with E-state index >= 15 is 0 Å². The van der Waals surface area contributed by atoms with E-state index in [1.54, 1.807) is 0 Å². The van der Waals surface area contributed by atoms with Crippen molar-refractivity contribution in [1.82, 2.24) is 0 Å². The molecule has 1 aromatic carbocycles. The van der Waals surface area contributed by atoms with Crippen molar-refractivity contribution in [3.63, 3.8) is 0 Å². The molecule has 0 aliphatic carbocycles. The SMILES string of the molecule is CCCc1ccc(O)c(C(C)CC)c1. The first-order chi connectivity index (χ1) is 6.69. The third-order valence-corrected chi connectivity index (χ3v) is 2.77. The molecule has 0 amide bonds. The minimum Gasteiger partial charge on any atom is -0.508 e. The van der Waals surface area contributed by atoms with Crippen molar-refractivity contribution < 1.29 is 5.11 Å². The lowest BCUT2D eigenvalue weighted by molar-refractivity contribution is 0.461. The average Bonchev–Trinajstić information content (AvgIpc) is 2.20. The number of rotatable bonds is 4. The molecule has 14 heavy (non-hydrogen) atoms. The molecule has 1 heteroatoms. The molecule has 1 N–H and O–H groups in total. The number of phenols is 1. The summed E-state index contributed by atoms with van der Waals surface area (Å²) in [6.45, 7) is 6.48. The molecule has 0 radical (unpaired) electrons. The summed E-state index contributed by atoms with van der Waals surface area (Å²) in [7, 11) is 0. The Bertz CT molecular complexity index is 291. The van der Waals surface area contributed by atoms with Gasteiger partial charge in [-0.15, -0.1) is 0 Å². The normalized spacial score (nSPS) is 12.8. The minimum atomic E-state index is 0.444. The smallest absolute Gasteiger partial charge is 0.119 e. The molecule has 0 aliphatic heterocycles. The number of hydrogen-bond acceptors (Lipinski definition) is 1. The van der Waals surface area contributed by atoms with Crippen LogP contribution in [-0.4, -0.2) is 5.11 Å². The Morgan fingerprint density at radius 2 is 2.00 bits per heavy atom. The second-order valence-corrected chi connectivity index (χ2v) is 3.95. The van der Waals surface area contributed by atoms with Crippen molar-refractivity contribution in [1.29, 1.82) is 0 Å². The molecule has 78 valence electrons. The van der Waals surface area contributed by atoms with Crippen LogP contribution < -0.4 is 0 Å². The Morgan fingerprint density at radius 1 is 1.29 bits per heavy atom. The van der Waals surface area contributed by atoms with Gasteiger partial charge in [0.1, 0.15) is 5.75 Å². The average molecular weight is 192 g/mol. The Morgan fingerprint density at radius 3 is 2.57 bits per heavy atom. The van der Waals surface area contributed by atoms with Gasteiger partial charge < -0.3 is 5.11 Å². The van der Waals surface area contributed by atoms with Crippen LogP contribution in [0.3, 0.4) is 0 Å². The summed E-state index contributed by atoms with van der Waals surface area (Å²) in [5.74, 6) is 0.894. The van der Waals surface area contributed by atoms with Gasteiger partial charge in [0, 0.05) is 0 Å². The van der Waals surface area contributed by atoms with Gasteiger partial charge in [0.15, 0.2) is 0 Å². The van der Waals surface area contributed by atoms with Gasteiger partial charge >= 0.3 is 0 Å². The van der Waals surface area contributed by atoms with Gasteiger partial charge in [0.2, 0.25) is 0 Å². The second-order valence-electron chi connectivity index (χ2n) is 3.95. The maximum Gasteiger partial charge on any atom is 0.119 e. The zero-order valence-electron chi connectivity index (χ0n) is 9.38. The summed E-state index contributed by atoms with van der Waals surface area (Å²) >= 11 is 0. The van der Waals surface area contributed by atoms with Gasteiger partial charge in [-0.1, -0.05) is 39.3 Å². The van der Waals surface area contributed by atoms with Gasteiger partial charge in [-0.25, -0.2) is 0 Å². The van der Waals surface area contributed by atoms with Crippen molar-refractivity contribution in [2.24, 2.45) is 0 Å². The first kappa shape index (κ1) is 11.1. The van der Waals surface area contributed by atoms with Crippen molar-refractivity contribution in [3.8, 4) is 5.75 Å². The van der Waals surface area contributed by atoms with Crippen LogP contribution in [0.25, 0.3) is 0 Å². The molecule has 0 heterocycles. The van der Waals surface area contributed by atoms with Crippen LogP contribution in [0.4, 0.5) is 0 Å². The van der Waals surface area contributed by atoms with Crippen LogP contribution in [0.15, 0.2) is 18.2 Å². The fourth-order valence-corrected chi connectivity index (χ4v) is 1.66. The summed E-state index contributed by atoms with van der Waals surface area (Å²) in [6.07, 6.45) is 3.33. The molecular weight excluding hydrogens is 172 g/mol. The van der Waals surface area contributed by atoms with E-state index in [-0.39, 0.29) is 0 Å². The van der Waals surface area contributed by atoms with Crippen molar-refractivity contribution in [3.05, 3.63) is 29.3 Å². The fraction of sp³-hybridized carbons (Fsp3) is 0.538. The molecule has 0 aromatic heterocycles. The minimum absolute atomic E-state index is 0.444. The van der Waals surface area contributed by atoms with E-state index in [1.807, 2.05) is 12.1 Å². The molecule has 1 aromatic rings. The third kappa shape index (κ3) is 2.50. The van der Waals surface area contributed by atoms with Gasteiger partial charge in [0.25, 0.3) is 0 Å². The molecule has 0 bridgehead atoms. The zero-order chi connectivity index (χ0) is 10.6. The molecule has 1 rings (SSSR count). The topological polar surface area (TPSA) is 20.2 Å². The third-order valence-electron chi connectivity index (χ3n) is 2.77. The highest BCUT2D eigenvalue weighted by molar-refractivity contribution is 5.38. The molecule has 0 saturated carbocycles. The maximum absolute atomic E-state index is 9.70. The Hall–Kier alpha value is -0.980. The number of benzene rings is 1. The first-order valence-electron chi connectivity index (χ1n) is 5.50. The summed E-state index contributed by atoms with van der Waals surface area (Å²) in [5.41, 5.74) is 2.43. The van der Waals surface area contributed by atoms with Gasteiger partial charge in [0.05, 0.1) is 0 Å². The summed E-state index contributed by atoms with van der Waals surface area (Å²) in [6, 6.07) is 5.99. The number of hydrogen-bond donors (Lipinski definition) is 1. The predicted molar refractivity (Wildman–Crippen MR) is 60.8 cm³/mol. The molecule has 1 nitrogen and oxygen atoms in total. The van der Waals surface area contributed by atoms with E-state index in [4.69, 9.17) is 0 Å². The molecule has 0 fully saturated rings. The number of phenolic OH excluding ortho intramolecular Hbond substituents is 1. The molecular formula is C13H20O. The van der Waals surface area contributed by atoms with Crippen LogP contribution in [0.1, 0.15) is 50.7 Å². The standard InChI is InChI=1S/C13H20O/c1-4-6-11-7-8-13(14)12(9-11)10(3)5-2/h7-10,14H,4-6H2,1-3H3. The number of aromatic hydroxyl groups is 1.